The summed E-state index contributed by atoms with van der Waals surface area (Å²) in [6.45, 7) is 9.32. The van der Waals surface area contributed by atoms with Crippen LogP contribution in [0.4, 0.5) is 0 Å². The Morgan fingerprint density at radius 2 is 1.93 bits per heavy atom. The van der Waals surface area contributed by atoms with Crippen molar-refractivity contribution >= 4 is 11.4 Å². The highest BCUT2D eigenvalue weighted by atomic mass is 16.4. The van der Waals surface area contributed by atoms with E-state index in [0.29, 0.717) is 11.8 Å². The lowest BCUT2D eigenvalue weighted by Crippen LogP contribution is -2.51. The summed E-state index contributed by atoms with van der Waals surface area (Å²) < 4.78 is 0. The standard InChI is InChI=1S/C23H36N2O2/c1-5-15-12-20-18-7-6-16-13-17(25-27)8-10-22(16,3)19(18)9-11-23(20,4)21(15)14(2)24-26/h13,15,18-21,26-27H,5-12H2,1-4H3. The van der Waals surface area contributed by atoms with Crippen molar-refractivity contribution in [3.8, 4) is 0 Å². The molecule has 3 fully saturated rings. The molecular weight excluding hydrogens is 336 g/mol. The first-order valence-corrected chi connectivity index (χ1v) is 11.0. The van der Waals surface area contributed by atoms with Gasteiger partial charge in [-0.05, 0) is 92.4 Å². The molecule has 0 aromatic carbocycles. The summed E-state index contributed by atoms with van der Waals surface area (Å²) in [4.78, 5) is 0. The summed E-state index contributed by atoms with van der Waals surface area (Å²) in [6.07, 6.45) is 11.6. The van der Waals surface area contributed by atoms with Crippen molar-refractivity contribution in [2.24, 2.45) is 50.7 Å². The van der Waals surface area contributed by atoms with E-state index in [9.17, 15) is 10.4 Å². The van der Waals surface area contributed by atoms with E-state index in [-0.39, 0.29) is 10.8 Å². The average molecular weight is 373 g/mol. The molecule has 0 radical (unpaired) electrons. The van der Waals surface area contributed by atoms with E-state index in [2.05, 4.69) is 37.2 Å². The maximum atomic E-state index is 9.54. The van der Waals surface area contributed by atoms with Gasteiger partial charge in [-0.25, -0.2) is 0 Å². The molecule has 4 aliphatic rings. The molecule has 0 aromatic rings. The number of allylic oxidation sites excluding steroid dienone is 2. The van der Waals surface area contributed by atoms with E-state index < -0.39 is 0 Å². The fraction of sp³-hybridized carbons (Fsp3) is 0.826. The molecule has 4 rings (SSSR count). The lowest BCUT2D eigenvalue weighted by atomic mass is 9.46. The Morgan fingerprint density at radius 3 is 2.59 bits per heavy atom. The van der Waals surface area contributed by atoms with E-state index >= 15 is 0 Å². The zero-order valence-corrected chi connectivity index (χ0v) is 17.4. The first-order chi connectivity index (χ1) is 12.9. The van der Waals surface area contributed by atoms with E-state index in [4.69, 9.17) is 0 Å². The van der Waals surface area contributed by atoms with Crippen molar-refractivity contribution in [2.45, 2.75) is 79.1 Å². The fourth-order valence-corrected chi connectivity index (χ4v) is 8.11. The molecule has 4 heteroatoms. The number of rotatable bonds is 2. The van der Waals surface area contributed by atoms with Crippen LogP contribution in [-0.4, -0.2) is 21.8 Å². The third-order valence-electron chi connectivity index (χ3n) is 9.41. The maximum Gasteiger partial charge on any atom is 0.0795 e. The van der Waals surface area contributed by atoms with E-state index in [1.807, 2.05) is 6.92 Å². The van der Waals surface area contributed by atoms with Gasteiger partial charge in [0, 0.05) is 5.92 Å². The molecule has 7 unspecified atom stereocenters. The zero-order chi connectivity index (χ0) is 19.4. The van der Waals surface area contributed by atoms with Crippen molar-refractivity contribution < 1.29 is 10.4 Å². The third kappa shape index (κ3) is 2.61. The Kier molecular flexibility index (Phi) is 4.67. The summed E-state index contributed by atoms with van der Waals surface area (Å²) >= 11 is 0. The maximum absolute atomic E-state index is 9.54. The molecule has 7 atom stereocenters. The third-order valence-corrected chi connectivity index (χ3v) is 9.41. The molecule has 27 heavy (non-hydrogen) atoms. The molecular formula is C23H36N2O2. The minimum atomic E-state index is 0.276. The SMILES string of the molecule is CCC1CC2C3CCC4=CC(=NO)CCC4(C)C3CCC2(C)C1C(C)=NO. The van der Waals surface area contributed by atoms with Crippen LogP contribution in [0, 0.1) is 40.4 Å². The Morgan fingerprint density at radius 1 is 1.15 bits per heavy atom. The van der Waals surface area contributed by atoms with Gasteiger partial charge in [-0.15, -0.1) is 0 Å². The normalized spacial score (nSPS) is 48.6. The van der Waals surface area contributed by atoms with Crippen molar-refractivity contribution in [3.05, 3.63) is 11.6 Å². The monoisotopic (exact) mass is 372 g/mol. The lowest BCUT2D eigenvalue weighted by molar-refractivity contribution is -0.0412. The topological polar surface area (TPSA) is 65.2 Å². The number of hydrogen-bond donors (Lipinski definition) is 2. The molecule has 0 aromatic heterocycles. The van der Waals surface area contributed by atoms with Gasteiger partial charge in [0.05, 0.1) is 11.4 Å². The second-order valence-electron chi connectivity index (χ2n) is 10.3. The number of oxime groups is 2. The Bertz CT molecular complexity index is 696. The minimum absolute atomic E-state index is 0.276. The van der Waals surface area contributed by atoms with Crippen LogP contribution in [-0.2, 0) is 0 Å². The van der Waals surface area contributed by atoms with Gasteiger partial charge in [-0.1, -0.05) is 43.1 Å². The van der Waals surface area contributed by atoms with Crippen LogP contribution >= 0.6 is 0 Å². The van der Waals surface area contributed by atoms with Crippen molar-refractivity contribution in [2.75, 3.05) is 0 Å². The van der Waals surface area contributed by atoms with E-state index in [0.717, 1.165) is 48.4 Å². The first-order valence-electron chi connectivity index (χ1n) is 11.0. The molecule has 2 N–H and O–H groups in total. The summed E-state index contributed by atoms with van der Waals surface area (Å²) in [6, 6.07) is 0. The van der Waals surface area contributed by atoms with Gasteiger partial charge in [0.15, 0.2) is 0 Å². The minimum Gasteiger partial charge on any atom is -0.411 e. The van der Waals surface area contributed by atoms with Crippen LogP contribution in [0.2, 0.25) is 0 Å². The molecule has 0 heterocycles. The Labute approximate surface area is 163 Å². The molecule has 3 saturated carbocycles. The zero-order valence-electron chi connectivity index (χ0n) is 17.4. The van der Waals surface area contributed by atoms with Crippen molar-refractivity contribution in [1.82, 2.24) is 0 Å². The Hall–Kier alpha value is -1.32. The molecule has 0 amide bonds. The van der Waals surface area contributed by atoms with E-state index in [1.54, 1.807) is 0 Å². The highest BCUT2D eigenvalue weighted by Crippen LogP contribution is 2.68. The van der Waals surface area contributed by atoms with Crippen molar-refractivity contribution in [3.63, 3.8) is 0 Å². The van der Waals surface area contributed by atoms with Crippen molar-refractivity contribution in [1.29, 1.82) is 0 Å². The van der Waals surface area contributed by atoms with Crippen LogP contribution in [0.5, 0.6) is 0 Å². The quantitative estimate of drug-likeness (QED) is 0.361. The van der Waals surface area contributed by atoms with Gasteiger partial charge < -0.3 is 10.4 Å². The summed E-state index contributed by atoms with van der Waals surface area (Å²) in [5.74, 6) is 3.36. The average Bonchev–Trinajstić information content (AvgIpc) is 2.99. The van der Waals surface area contributed by atoms with Gasteiger partial charge in [-0.2, -0.15) is 0 Å². The number of nitrogens with zero attached hydrogens (tertiary/aromatic N) is 2. The summed E-state index contributed by atoms with van der Waals surface area (Å²) in [7, 11) is 0. The molecule has 0 aliphatic heterocycles. The molecule has 4 nitrogen and oxygen atoms in total. The highest BCUT2D eigenvalue weighted by Gasteiger charge is 2.61. The van der Waals surface area contributed by atoms with Crippen LogP contribution in [0.15, 0.2) is 22.0 Å². The summed E-state index contributed by atoms with van der Waals surface area (Å²) in [5, 5.41) is 25.9. The fourth-order valence-electron chi connectivity index (χ4n) is 8.11. The molecule has 4 aliphatic carbocycles. The van der Waals surface area contributed by atoms with Crippen LogP contribution in [0.1, 0.15) is 79.1 Å². The van der Waals surface area contributed by atoms with Crippen LogP contribution in [0.3, 0.4) is 0 Å². The highest BCUT2D eigenvalue weighted by molar-refractivity contribution is 5.96. The molecule has 0 bridgehead atoms. The van der Waals surface area contributed by atoms with Gasteiger partial charge in [0.2, 0.25) is 0 Å². The predicted octanol–water partition coefficient (Wildman–Crippen LogP) is 5.88. The number of hydrogen-bond acceptors (Lipinski definition) is 4. The van der Waals surface area contributed by atoms with Gasteiger partial charge in [-0.3, -0.25) is 0 Å². The molecule has 0 spiro atoms. The largest absolute Gasteiger partial charge is 0.411 e. The lowest BCUT2D eigenvalue weighted by Gasteiger charge is -2.58. The summed E-state index contributed by atoms with van der Waals surface area (Å²) in [5.41, 5.74) is 3.90. The van der Waals surface area contributed by atoms with Gasteiger partial charge >= 0.3 is 0 Å². The van der Waals surface area contributed by atoms with Crippen LogP contribution in [0.25, 0.3) is 0 Å². The molecule has 0 saturated heterocycles. The second-order valence-corrected chi connectivity index (χ2v) is 10.3. The van der Waals surface area contributed by atoms with Gasteiger partial charge in [0.1, 0.15) is 0 Å². The number of fused-ring (bicyclic) bond motifs is 5. The van der Waals surface area contributed by atoms with Gasteiger partial charge in [0.25, 0.3) is 0 Å². The first kappa shape index (κ1) is 19.0. The Balaban J connectivity index is 1.68. The predicted molar refractivity (Wildman–Crippen MR) is 108 cm³/mol. The molecule has 150 valence electrons. The smallest absolute Gasteiger partial charge is 0.0795 e. The van der Waals surface area contributed by atoms with Crippen LogP contribution < -0.4 is 0 Å². The second kappa shape index (κ2) is 6.63. The van der Waals surface area contributed by atoms with E-state index in [1.165, 1.54) is 37.7 Å².